The van der Waals surface area contributed by atoms with Gasteiger partial charge in [0.2, 0.25) is 5.91 Å². The monoisotopic (exact) mass is 415 g/mol. The molecule has 0 radical (unpaired) electrons. The molecule has 4 rings (SSSR count). The fourth-order valence-corrected chi connectivity index (χ4v) is 3.92. The van der Waals surface area contributed by atoms with Gasteiger partial charge in [-0.15, -0.1) is 0 Å². The maximum absolute atomic E-state index is 13.0. The Hall–Kier alpha value is -3.74. The van der Waals surface area contributed by atoms with Gasteiger partial charge in [-0.25, -0.2) is 9.67 Å². The van der Waals surface area contributed by atoms with E-state index in [9.17, 15) is 9.59 Å². The summed E-state index contributed by atoms with van der Waals surface area (Å²) in [5.41, 5.74) is 5.19. The van der Waals surface area contributed by atoms with Crippen LogP contribution in [0.2, 0.25) is 0 Å². The fourth-order valence-electron chi connectivity index (χ4n) is 3.92. The molecule has 1 N–H and O–H groups in total. The maximum atomic E-state index is 13.0. The number of para-hydroxylation sites is 1. The number of fused-ring (bicyclic) bond motifs is 1. The second-order valence-electron chi connectivity index (χ2n) is 7.82. The summed E-state index contributed by atoms with van der Waals surface area (Å²) in [4.78, 5) is 30.2. The van der Waals surface area contributed by atoms with Gasteiger partial charge in [-0.05, 0) is 51.0 Å². The first-order valence-electron chi connectivity index (χ1n) is 10.2. The lowest BCUT2D eigenvalue weighted by Crippen LogP contribution is -2.26. The van der Waals surface area contributed by atoms with Crippen LogP contribution in [0.4, 0.5) is 5.69 Å². The van der Waals surface area contributed by atoms with Crippen LogP contribution in [0.15, 0.2) is 53.5 Å². The van der Waals surface area contributed by atoms with Crippen molar-refractivity contribution in [3.63, 3.8) is 0 Å². The quantitative estimate of drug-likeness (QED) is 0.537. The Balaban J connectivity index is 1.57. The molecule has 4 aromatic rings. The first kappa shape index (κ1) is 20.5. The number of hydrogen-bond donors (Lipinski definition) is 1. The molecule has 1 amide bonds. The lowest BCUT2D eigenvalue weighted by atomic mass is 10.1. The molecule has 0 spiro atoms. The van der Waals surface area contributed by atoms with Gasteiger partial charge in [0.25, 0.3) is 5.56 Å². The highest BCUT2D eigenvalue weighted by Crippen LogP contribution is 2.22. The molecule has 0 atom stereocenters. The van der Waals surface area contributed by atoms with E-state index in [-0.39, 0.29) is 24.4 Å². The largest absolute Gasteiger partial charge is 0.326 e. The Kier molecular flexibility index (Phi) is 5.42. The molecular weight excluding hydrogens is 390 g/mol. The van der Waals surface area contributed by atoms with Crippen molar-refractivity contribution in [3.8, 4) is 5.69 Å². The van der Waals surface area contributed by atoms with Gasteiger partial charge in [0.15, 0.2) is 5.65 Å². The Morgan fingerprint density at radius 2 is 1.71 bits per heavy atom. The van der Waals surface area contributed by atoms with Crippen LogP contribution in [-0.4, -0.2) is 25.2 Å². The Morgan fingerprint density at radius 3 is 2.39 bits per heavy atom. The predicted octanol–water partition coefficient (Wildman–Crippen LogP) is 3.84. The van der Waals surface area contributed by atoms with Crippen molar-refractivity contribution in [2.45, 2.75) is 40.7 Å². The number of anilines is 1. The smallest absolute Gasteiger partial charge is 0.264 e. The third kappa shape index (κ3) is 3.99. The molecule has 0 fully saturated rings. The number of hydrogen-bond acceptors (Lipinski definition) is 4. The maximum Gasteiger partial charge on any atom is 0.264 e. The number of benzene rings is 2. The van der Waals surface area contributed by atoms with Crippen molar-refractivity contribution < 1.29 is 4.79 Å². The van der Waals surface area contributed by atoms with E-state index in [0.29, 0.717) is 16.9 Å². The highest BCUT2D eigenvalue weighted by atomic mass is 16.2. The van der Waals surface area contributed by atoms with Gasteiger partial charge in [-0.3, -0.25) is 14.2 Å². The number of aryl methyl sites for hydroxylation is 4. The molecule has 2 aromatic heterocycles. The average molecular weight is 415 g/mol. The molecule has 31 heavy (non-hydrogen) atoms. The number of amides is 1. The van der Waals surface area contributed by atoms with Crippen molar-refractivity contribution in [2.75, 3.05) is 5.32 Å². The van der Waals surface area contributed by atoms with Crippen LogP contribution in [0.3, 0.4) is 0 Å². The summed E-state index contributed by atoms with van der Waals surface area (Å²) in [7, 11) is 0. The molecule has 158 valence electrons. The minimum Gasteiger partial charge on any atom is -0.326 e. The first-order valence-corrected chi connectivity index (χ1v) is 10.2. The summed E-state index contributed by atoms with van der Waals surface area (Å²) in [6.07, 6.45) is 1.71. The lowest BCUT2D eigenvalue weighted by Gasteiger charge is -2.14. The van der Waals surface area contributed by atoms with Crippen LogP contribution in [0.5, 0.6) is 0 Å². The number of carbonyl (C=O) groups excluding carboxylic acids is 1. The normalized spacial score (nSPS) is 11.1. The van der Waals surface area contributed by atoms with E-state index in [1.54, 1.807) is 11.6 Å². The van der Waals surface area contributed by atoms with Crippen LogP contribution in [0.25, 0.3) is 16.7 Å². The lowest BCUT2D eigenvalue weighted by molar-refractivity contribution is -0.116. The molecule has 0 saturated heterocycles. The zero-order valence-electron chi connectivity index (χ0n) is 18.1. The molecule has 7 nitrogen and oxygen atoms in total. The second kappa shape index (κ2) is 8.18. The van der Waals surface area contributed by atoms with Gasteiger partial charge in [-0.1, -0.05) is 35.9 Å². The SMILES string of the molecule is Cc1cc(C)c(NC(=O)CCn2c(C)nc3c(cnn3-c3ccccc3)c2=O)c(C)c1. The number of nitrogens with one attached hydrogen (secondary N) is 1. The van der Waals surface area contributed by atoms with Crippen molar-refractivity contribution in [3.05, 3.63) is 81.5 Å². The zero-order valence-corrected chi connectivity index (χ0v) is 18.1. The summed E-state index contributed by atoms with van der Waals surface area (Å²) in [5.74, 6) is 0.409. The van der Waals surface area contributed by atoms with E-state index >= 15 is 0 Å². The topological polar surface area (TPSA) is 81.8 Å². The van der Waals surface area contributed by atoms with Crippen LogP contribution in [0, 0.1) is 27.7 Å². The van der Waals surface area contributed by atoms with Gasteiger partial charge < -0.3 is 5.32 Å². The van der Waals surface area contributed by atoms with Crippen LogP contribution >= 0.6 is 0 Å². The van der Waals surface area contributed by atoms with E-state index < -0.39 is 0 Å². The first-order chi connectivity index (χ1) is 14.8. The van der Waals surface area contributed by atoms with Gasteiger partial charge in [0.1, 0.15) is 11.2 Å². The van der Waals surface area contributed by atoms with Crippen LogP contribution in [-0.2, 0) is 11.3 Å². The number of aromatic nitrogens is 4. The van der Waals surface area contributed by atoms with Crippen molar-refractivity contribution in [1.29, 1.82) is 0 Å². The minimum absolute atomic E-state index is 0.138. The predicted molar refractivity (Wildman–Crippen MR) is 122 cm³/mol. The molecule has 0 aliphatic rings. The van der Waals surface area contributed by atoms with Crippen LogP contribution in [0.1, 0.15) is 28.9 Å². The fraction of sp³-hybridized carbons (Fsp3) is 0.250. The number of nitrogens with zero attached hydrogens (tertiary/aromatic N) is 4. The highest BCUT2D eigenvalue weighted by Gasteiger charge is 2.15. The van der Waals surface area contributed by atoms with Crippen molar-refractivity contribution in [2.24, 2.45) is 0 Å². The standard InChI is InChI=1S/C24H25N5O2/c1-15-12-16(2)22(17(3)13-15)27-21(30)10-11-28-18(4)26-23-20(24(28)31)14-25-29(23)19-8-6-5-7-9-19/h5-9,12-14H,10-11H2,1-4H3,(H,27,30). The summed E-state index contributed by atoms with van der Waals surface area (Å²) in [5, 5.41) is 7.76. The Labute approximate surface area is 180 Å². The number of carbonyl (C=O) groups is 1. The summed E-state index contributed by atoms with van der Waals surface area (Å²) >= 11 is 0. The highest BCUT2D eigenvalue weighted by molar-refractivity contribution is 5.92. The molecule has 0 unspecified atom stereocenters. The van der Waals surface area contributed by atoms with Gasteiger partial charge in [0, 0.05) is 18.7 Å². The Morgan fingerprint density at radius 1 is 1.03 bits per heavy atom. The van der Waals surface area contributed by atoms with E-state index in [0.717, 1.165) is 28.1 Å². The number of rotatable bonds is 5. The van der Waals surface area contributed by atoms with Gasteiger partial charge >= 0.3 is 0 Å². The molecule has 0 bridgehead atoms. The third-order valence-electron chi connectivity index (χ3n) is 5.38. The van der Waals surface area contributed by atoms with E-state index in [1.807, 2.05) is 63.2 Å². The molecule has 0 aliphatic carbocycles. The Bertz CT molecular complexity index is 1310. The van der Waals surface area contributed by atoms with Crippen LogP contribution < -0.4 is 10.9 Å². The summed E-state index contributed by atoms with van der Waals surface area (Å²) in [6, 6.07) is 13.6. The average Bonchev–Trinajstić information content (AvgIpc) is 3.15. The molecule has 0 saturated carbocycles. The molecule has 0 aliphatic heterocycles. The summed E-state index contributed by atoms with van der Waals surface area (Å²) < 4.78 is 3.19. The van der Waals surface area contributed by atoms with Crippen molar-refractivity contribution >= 4 is 22.6 Å². The molecule has 2 heterocycles. The van der Waals surface area contributed by atoms with E-state index in [4.69, 9.17) is 0 Å². The molecule has 7 heteroatoms. The third-order valence-corrected chi connectivity index (χ3v) is 5.38. The zero-order chi connectivity index (χ0) is 22.1. The second-order valence-corrected chi connectivity index (χ2v) is 7.82. The van der Waals surface area contributed by atoms with E-state index in [2.05, 4.69) is 15.4 Å². The van der Waals surface area contributed by atoms with Gasteiger partial charge in [0.05, 0.1) is 11.9 Å². The van der Waals surface area contributed by atoms with Crippen molar-refractivity contribution in [1.82, 2.24) is 19.3 Å². The summed E-state index contributed by atoms with van der Waals surface area (Å²) in [6.45, 7) is 8.01. The van der Waals surface area contributed by atoms with Gasteiger partial charge in [-0.2, -0.15) is 5.10 Å². The van der Waals surface area contributed by atoms with E-state index in [1.165, 1.54) is 10.8 Å². The molecular formula is C24H25N5O2. The molecule has 2 aromatic carbocycles. The minimum atomic E-state index is -0.194.